The standard InChI is InChI=1S/C6H11NO/c1-2-3-6-4-5-7(6)8/h2,6-7H,1,3-5H2. The summed E-state index contributed by atoms with van der Waals surface area (Å²) in [7, 11) is 0. The number of rotatable bonds is 2. The molecule has 2 nitrogen and oxygen atoms in total. The van der Waals surface area contributed by atoms with E-state index in [2.05, 4.69) is 6.58 Å². The summed E-state index contributed by atoms with van der Waals surface area (Å²) in [6.07, 6.45) is 3.80. The van der Waals surface area contributed by atoms with Crippen molar-refractivity contribution < 1.29 is 5.06 Å². The molecule has 8 heavy (non-hydrogen) atoms. The van der Waals surface area contributed by atoms with E-state index in [1.807, 2.05) is 6.08 Å². The Labute approximate surface area is 49.4 Å². The molecule has 0 radical (unpaired) electrons. The molecule has 1 aliphatic heterocycles. The molecule has 2 heteroatoms. The summed E-state index contributed by atoms with van der Waals surface area (Å²) in [5, 5.41) is 11.0. The van der Waals surface area contributed by atoms with Crippen LogP contribution in [0.25, 0.3) is 0 Å². The summed E-state index contributed by atoms with van der Waals surface area (Å²) < 4.78 is 0. The topological polar surface area (TPSA) is 27.5 Å². The van der Waals surface area contributed by atoms with Crippen molar-refractivity contribution in [1.82, 2.24) is 0 Å². The summed E-state index contributed by atoms with van der Waals surface area (Å²) in [6, 6.07) is 0.340. The Balaban J connectivity index is 2.16. The van der Waals surface area contributed by atoms with Gasteiger partial charge in [0.05, 0.1) is 12.6 Å². The molecular weight excluding hydrogens is 102 g/mol. The van der Waals surface area contributed by atoms with E-state index in [1.54, 1.807) is 0 Å². The first kappa shape index (κ1) is 5.79. The maximum absolute atomic E-state index is 10.6. The highest BCUT2D eigenvalue weighted by Gasteiger charge is 2.23. The highest BCUT2D eigenvalue weighted by atomic mass is 16.5. The van der Waals surface area contributed by atoms with Crippen molar-refractivity contribution in [1.29, 1.82) is 0 Å². The van der Waals surface area contributed by atoms with E-state index in [9.17, 15) is 5.21 Å². The first-order chi connectivity index (χ1) is 3.84. The van der Waals surface area contributed by atoms with Crippen LogP contribution in [0.3, 0.4) is 0 Å². The molecule has 1 fully saturated rings. The van der Waals surface area contributed by atoms with Gasteiger partial charge in [0.1, 0.15) is 0 Å². The molecule has 1 aliphatic rings. The summed E-state index contributed by atoms with van der Waals surface area (Å²) in [6.45, 7) is 4.37. The van der Waals surface area contributed by atoms with Crippen LogP contribution in [-0.2, 0) is 0 Å². The summed E-state index contributed by atoms with van der Waals surface area (Å²) in [5.41, 5.74) is 0. The third-order valence-corrected chi connectivity index (χ3v) is 1.65. The summed E-state index contributed by atoms with van der Waals surface area (Å²) >= 11 is 0. The molecule has 1 rings (SSSR count). The molecule has 2 unspecified atom stereocenters. The van der Waals surface area contributed by atoms with Crippen molar-refractivity contribution in [3.05, 3.63) is 17.9 Å². The fourth-order valence-corrected chi connectivity index (χ4v) is 0.917. The second-order valence-electron chi connectivity index (χ2n) is 2.23. The predicted octanol–water partition coefficient (Wildman–Crippen LogP) is -0.282. The fraction of sp³-hybridized carbons (Fsp3) is 0.667. The van der Waals surface area contributed by atoms with E-state index in [4.69, 9.17) is 0 Å². The minimum atomic E-state index is 0.340. The van der Waals surface area contributed by atoms with Crippen molar-refractivity contribution in [3.63, 3.8) is 0 Å². The van der Waals surface area contributed by atoms with Gasteiger partial charge in [-0.05, 0) is 0 Å². The van der Waals surface area contributed by atoms with Crippen molar-refractivity contribution in [2.45, 2.75) is 18.9 Å². The maximum atomic E-state index is 10.6. The lowest BCUT2D eigenvalue weighted by Crippen LogP contribution is -3.17. The molecule has 0 aromatic rings. The van der Waals surface area contributed by atoms with Crippen molar-refractivity contribution in [3.8, 4) is 0 Å². The van der Waals surface area contributed by atoms with Gasteiger partial charge in [0, 0.05) is 12.8 Å². The molecule has 1 N–H and O–H groups in total. The highest BCUT2D eigenvalue weighted by Crippen LogP contribution is 1.99. The molecule has 0 amide bonds. The zero-order valence-corrected chi connectivity index (χ0v) is 4.89. The summed E-state index contributed by atoms with van der Waals surface area (Å²) in [4.78, 5) is 0. The van der Waals surface area contributed by atoms with Crippen LogP contribution in [0, 0.1) is 5.21 Å². The van der Waals surface area contributed by atoms with Crippen LogP contribution in [0.1, 0.15) is 12.8 Å². The number of quaternary nitrogens is 1. The minimum absolute atomic E-state index is 0.340. The van der Waals surface area contributed by atoms with Crippen molar-refractivity contribution >= 4 is 0 Å². The van der Waals surface area contributed by atoms with Crippen LogP contribution >= 0.6 is 0 Å². The van der Waals surface area contributed by atoms with Gasteiger partial charge in [0.25, 0.3) is 0 Å². The maximum Gasteiger partial charge on any atom is 0.0961 e. The molecule has 0 bridgehead atoms. The van der Waals surface area contributed by atoms with Crippen LogP contribution in [0.2, 0.25) is 0 Å². The van der Waals surface area contributed by atoms with Crippen LogP contribution in [0.15, 0.2) is 12.7 Å². The summed E-state index contributed by atoms with van der Waals surface area (Å²) in [5.74, 6) is 0. The average Bonchev–Trinajstić information content (AvgIpc) is 1.79. The lowest BCUT2D eigenvalue weighted by atomic mass is 10.0. The predicted molar refractivity (Wildman–Crippen MR) is 32.4 cm³/mol. The van der Waals surface area contributed by atoms with Gasteiger partial charge in [0.15, 0.2) is 0 Å². The Morgan fingerprint density at radius 2 is 2.62 bits per heavy atom. The van der Waals surface area contributed by atoms with Gasteiger partial charge < -0.3 is 10.3 Å². The third kappa shape index (κ3) is 0.904. The van der Waals surface area contributed by atoms with Crippen LogP contribution < -0.4 is 5.06 Å². The Morgan fingerprint density at radius 1 is 1.88 bits per heavy atom. The van der Waals surface area contributed by atoms with Gasteiger partial charge in [-0.3, -0.25) is 0 Å². The van der Waals surface area contributed by atoms with E-state index in [1.165, 1.54) is 0 Å². The van der Waals surface area contributed by atoms with Crippen molar-refractivity contribution in [2.75, 3.05) is 6.54 Å². The second kappa shape index (κ2) is 2.29. The Bertz CT molecular complexity index is 92.5. The Morgan fingerprint density at radius 3 is 2.75 bits per heavy atom. The minimum Gasteiger partial charge on any atom is -0.634 e. The molecule has 1 saturated heterocycles. The first-order valence-corrected chi connectivity index (χ1v) is 2.98. The molecule has 0 saturated carbocycles. The smallest absolute Gasteiger partial charge is 0.0961 e. The molecule has 0 aromatic heterocycles. The number of hydroxylamine groups is 2. The van der Waals surface area contributed by atoms with E-state index in [-0.39, 0.29) is 0 Å². The van der Waals surface area contributed by atoms with Gasteiger partial charge in [-0.15, -0.1) is 6.58 Å². The Kier molecular flexibility index (Phi) is 1.65. The number of hydrogen-bond acceptors (Lipinski definition) is 1. The Hall–Kier alpha value is -0.340. The third-order valence-electron chi connectivity index (χ3n) is 1.65. The van der Waals surface area contributed by atoms with Gasteiger partial charge in [-0.25, -0.2) is 0 Å². The normalized spacial score (nSPS) is 36.1. The number of hydrogen-bond donors (Lipinski definition) is 1. The average molecular weight is 113 g/mol. The largest absolute Gasteiger partial charge is 0.634 e. The van der Waals surface area contributed by atoms with Crippen LogP contribution in [0.5, 0.6) is 0 Å². The van der Waals surface area contributed by atoms with Crippen LogP contribution in [0.4, 0.5) is 0 Å². The zero-order chi connectivity index (χ0) is 5.98. The molecule has 1 heterocycles. The first-order valence-electron chi connectivity index (χ1n) is 2.98. The molecule has 0 aliphatic carbocycles. The SMILES string of the molecule is C=CCC1CC[NH+]1[O-]. The lowest BCUT2D eigenvalue weighted by molar-refractivity contribution is -0.919. The van der Waals surface area contributed by atoms with E-state index in [0.29, 0.717) is 11.1 Å². The molecule has 46 valence electrons. The van der Waals surface area contributed by atoms with Gasteiger partial charge in [-0.1, -0.05) is 6.08 Å². The monoisotopic (exact) mass is 113 g/mol. The quantitative estimate of drug-likeness (QED) is 0.387. The van der Waals surface area contributed by atoms with Gasteiger partial charge in [0.2, 0.25) is 0 Å². The molecule has 0 aromatic carbocycles. The highest BCUT2D eigenvalue weighted by molar-refractivity contribution is 4.75. The molecule has 0 spiro atoms. The van der Waals surface area contributed by atoms with Gasteiger partial charge >= 0.3 is 0 Å². The van der Waals surface area contributed by atoms with Gasteiger partial charge in [-0.2, -0.15) is 0 Å². The van der Waals surface area contributed by atoms with E-state index >= 15 is 0 Å². The second-order valence-corrected chi connectivity index (χ2v) is 2.23. The van der Waals surface area contributed by atoms with Crippen LogP contribution in [-0.4, -0.2) is 12.6 Å². The molecule has 2 atom stereocenters. The van der Waals surface area contributed by atoms with Crippen molar-refractivity contribution in [2.24, 2.45) is 0 Å². The van der Waals surface area contributed by atoms with E-state index in [0.717, 1.165) is 19.4 Å². The number of nitrogens with one attached hydrogen (secondary N) is 1. The molecular formula is C6H11NO. The zero-order valence-electron chi connectivity index (χ0n) is 4.89. The fourth-order valence-electron chi connectivity index (χ4n) is 0.917. The lowest BCUT2D eigenvalue weighted by Gasteiger charge is -2.39. The van der Waals surface area contributed by atoms with E-state index < -0.39 is 0 Å².